The van der Waals surface area contributed by atoms with E-state index in [1.165, 1.54) is 16.3 Å². The first-order valence-electron chi connectivity index (χ1n) is 8.12. The zero-order valence-electron chi connectivity index (χ0n) is 14.0. The highest BCUT2D eigenvalue weighted by atomic mass is 15.2. The van der Waals surface area contributed by atoms with Crippen molar-refractivity contribution in [2.75, 3.05) is 7.05 Å². The highest BCUT2D eigenvalue weighted by molar-refractivity contribution is 5.85. The van der Waals surface area contributed by atoms with Crippen LogP contribution in [0.4, 0.5) is 0 Å². The van der Waals surface area contributed by atoms with E-state index in [9.17, 15) is 0 Å². The standard InChI is InChI=1S/C20H22N4/c1-15(16-8-4-3-5-9-16)24-20(21-2)23-14-19-18-11-7-6-10-17(18)12-13-22-19/h3-13,15H,14H2,1-2H3,(H2,21,23,24). The van der Waals surface area contributed by atoms with E-state index in [-0.39, 0.29) is 6.04 Å². The van der Waals surface area contributed by atoms with E-state index < -0.39 is 0 Å². The average molecular weight is 318 g/mol. The molecule has 0 fully saturated rings. The van der Waals surface area contributed by atoms with Gasteiger partial charge in [0.25, 0.3) is 0 Å². The molecule has 0 aliphatic carbocycles. The molecule has 3 aromatic rings. The molecular formula is C20H22N4. The van der Waals surface area contributed by atoms with E-state index in [2.05, 4.69) is 51.8 Å². The lowest BCUT2D eigenvalue weighted by Crippen LogP contribution is -2.38. The Labute approximate surface area is 142 Å². The Hall–Kier alpha value is -2.88. The molecule has 0 radical (unpaired) electrons. The SMILES string of the molecule is CN=C(NCc1nccc2ccccc12)NC(C)c1ccccc1. The van der Waals surface area contributed by atoms with Crippen LogP contribution in [0.2, 0.25) is 0 Å². The van der Waals surface area contributed by atoms with Crippen molar-refractivity contribution >= 4 is 16.7 Å². The van der Waals surface area contributed by atoms with Gasteiger partial charge >= 0.3 is 0 Å². The average Bonchev–Trinajstić information content (AvgIpc) is 2.65. The third-order valence-corrected chi connectivity index (χ3v) is 4.06. The lowest BCUT2D eigenvalue weighted by Gasteiger charge is -2.18. The van der Waals surface area contributed by atoms with E-state index in [0.717, 1.165) is 11.7 Å². The van der Waals surface area contributed by atoms with E-state index in [1.54, 1.807) is 7.05 Å². The smallest absolute Gasteiger partial charge is 0.191 e. The summed E-state index contributed by atoms with van der Waals surface area (Å²) in [5.41, 5.74) is 2.24. The van der Waals surface area contributed by atoms with E-state index in [4.69, 9.17) is 0 Å². The number of aliphatic imine (C=N–C) groups is 1. The molecule has 2 N–H and O–H groups in total. The van der Waals surface area contributed by atoms with Crippen molar-refractivity contribution in [3.8, 4) is 0 Å². The molecule has 4 heteroatoms. The Morgan fingerprint density at radius 1 is 1.04 bits per heavy atom. The van der Waals surface area contributed by atoms with E-state index >= 15 is 0 Å². The van der Waals surface area contributed by atoms with Gasteiger partial charge in [0.1, 0.15) is 0 Å². The molecule has 1 atom stereocenters. The molecule has 2 aromatic carbocycles. The minimum atomic E-state index is 0.179. The minimum Gasteiger partial charge on any atom is -0.351 e. The topological polar surface area (TPSA) is 49.3 Å². The Bertz CT molecular complexity index is 822. The molecule has 1 unspecified atom stereocenters. The zero-order valence-corrected chi connectivity index (χ0v) is 14.0. The van der Waals surface area contributed by atoms with Crippen molar-refractivity contribution in [3.05, 3.63) is 78.1 Å². The van der Waals surface area contributed by atoms with Crippen LogP contribution in [0.25, 0.3) is 10.8 Å². The fraction of sp³-hybridized carbons (Fsp3) is 0.200. The fourth-order valence-electron chi connectivity index (χ4n) is 2.72. The summed E-state index contributed by atoms with van der Waals surface area (Å²) in [4.78, 5) is 8.82. The van der Waals surface area contributed by atoms with Gasteiger partial charge in [-0.15, -0.1) is 0 Å². The molecule has 0 amide bonds. The van der Waals surface area contributed by atoms with Crippen LogP contribution in [0.5, 0.6) is 0 Å². The predicted molar refractivity (Wildman–Crippen MR) is 99.9 cm³/mol. The summed E-state index contributed by atoms with van der Waals surface area (Å²) in [6, 6.07) is 20.8. The second kappa shape index (κ2) is 7.59. The van der Waals surface area contributed by atoms with Crippen molar-refractivity contribution in [2.45, 2.75) is 19.5 Å². The Morgan fingerprint density at radius 3 is 2.58 bits per heavy atom. The van der Waals surface area contributed by atoms with Gasteiger partial charge in [-0.3, -0.25) is 9.98 Å². The normalized spacial score (nSPS) is 12.8. The lowest BCUT2D eigenvalue weighted by molar-refractivity contribution is 0.683. The van der Waals surface area contributed by atoms with Gasteiger partial charge in [0, 0.05) is 18.6 Å². The van der Waals surface area contributed by atoms with Gasteiger partial charge in [0.2, 0.25) is 0 Å². The summed E-state index contributed by atoms with van der Waals surface area (Å²) < 4.78 is 0. The number of pyridine rings is 1. The summed E-state index contributed by atoms with van der Waals surface area (Å²) in [6.45, 7) is 2.75. The molecule has 1 aromatic heterocycles. The van der Waals surface area contributed by atoms with E-state index in [0.29, 0.717) is 6.54 Å². The third-order valence-electron chi connectivity index (χ3n) is 4.06. The molecule has 122 valence electrons. The first kappa shape index (κ1) is 16.0. The summed E-state index contributed by atoms with van der Waals surface area (Å²) in [5.74, 6) is 0.765. The van der Waals surface area contributed by atoms with Gasteiger partial charge in [-0.05, 0) is 23.9 Å². The Balaban J connectivity index is 1.68. The van der Waals surface area contributed by atoms with Crippen molar-refractivity contribution in [1.29, 1.82) is 0 Å². The first-order chi connectivity index (χ1) is 11.8. The number of hydrogen-bond acceptors (Lipinski definition) is 2. The maximum absolute atomic E-state index is 4.51. The number of hydrogen-bond donors (Lipinski definition) is 2. The molecule has 4 nitrogen and oxygen atoms in total. The fourth-order valence-corrected chi connectivity index (χ4v) is 2.72. The van der Waals surface area contributed by atoms with Crippen molar-refractivity contribution in [3.63, 3.8) is 0 Å². The van der Waals surface area contributed by atoms with Gasteiger partial charge < -0.3 is 10.6 Å². The number of nitrogens with zero attached hydrogens (tertiary/aromatic N) is 2. The summed E-state index contributed by atoms with van der Waals surface area (Å²) >= 11 is 0. The van der Waals surface area contributed by atoms with Crippen molar-refractivity contribution in [2.24, 2.45) is 4.99 Å². The molecule has 0 saturated carbocycles. The predicted octanol–water partition coefficient (Wildman–Crippen LogP) is 3.66. The molecule has 3 rings (SSSR count). The van der Waals surface area contributed by atoms with Crippen LogP contribution in [0, 0.1) is 0 Å². The third kappa shape index (κ3) is 3.71. The van der Waals surface area contributed by atoms with Crippen molar-refractivity contribution < 1.29 is 0 Å². The van der Waals surface area contributed by atoms with Gasteiger partial charge in [-0.1, -0.05) is 54.6 Å². The van der Waals surface area contributed by atoms with Gasteiger partial charge in [-0.25, -0.2) is 0 Å². The molecule has 0 aliphatic rings. The molecular weight excluding hydrogens is 296 g/mol. The van der Waals surface area contributed by atoms with Gasteiger partial charge in [-0.2, -0.15) is 0 Å². The molecule has 0 saturated heterocycles. The highest BCUT2D eigenvalue weighted by Gasteiger charge is 2.08. The second-order valence-corrected chi connectivity index (χ2v) is 5.68. The lowest BCUT2D eigenvalue weighted by atomic mass is 10.1. The molecule has 0 aliphatic heterocycles. The number of rotatable bonds is 4. The Kier molecular flexibility index (Phi) is 5.06. The highest BCUT2D eigenvalue weighted by Crippen LogP contribution is 2.16. The van der Waals surface area contributed by atoms with Crippen LogP contribution in [0.15, 0.2) is 71.9 Å². The van der Waals surface area contributed by atoms with Gasteiger partial charge in [0.15, 0.2) is 5.96 Å². The monoisotopic (exact) mass is 318 g/mol. The zero-order chi connectivity index (χ0) is 16.8. The van der Waals surface area contributed by atoms with Crippen LogP contribution < -0.4 is 10.6 Å². The van der Waals surface area contributed by atoms with Crippen molar-refractivity contribution in [1.82, 2.24) is 15.6 Å². The minimum absolute atomic E-state index is 0.179. The van der Waals surface area contributed by atoms with Crippen LogP contribution in [0.3, 0.4) is 0 Å². The molecule has 0 spiro atoms. The van der Waals surface area contributed by atoms with Crippen LogP contribution >= 0.6 is 0 Å². The van der Waals surface area contributed by atoms with Crippen LogP contribution in [-0.4, -0.2) is 18.0 Å². The molecule has 1 heterocycles. The first-order valence-corrected chi connectivity index (χ1v) is 8.12. The number of benzene rings is 2. The molecule has 0 bridgehead atoms. The van der Waals surface area contributed by atoms with Gasteiger partial charge in [0.05, 0.1) is 18.3 Å². The summed E-state index contributed by atoms with van der Waals surface area (Å²) in [7, 11) is 1.78. The second-order valence-electron chi connectivity index (χ2n) is 5.68. The largest absolute Gasteiger partial charge is 0.351 e. The summed E-state index contributed by atoms with van der Waals surface area (Å²) in [6.07, 6.45) is 1.85. The maximum atomic E-state index is 4.51. The number of nitrogens with one attached hydrogen (secondary N) is 2. The molecule has 24 heavy (non-hydrogen) atoms. The number of guanidine groups is 1. The summed E-state index contributed by atoms with van der Waals surface area (Å²) in [5, 5.41) is 9.13. The van der Waals surface area contributed by atoms with Crippen LogP contribution in [0.1, 0.15) is 24.2 Å². The number of aromatic nitrogens is 1. The maximum Gasteiger partial charge on any atom is 0.191 e. The van der Waals surface area contributed by atoms with E-state index in [1.807, 2.05) is 42.6 Å². The number of fused-ring (bicyclic) bond motifs is 1. The quantitative estimate of drug-likeness (QED) is 0.570. The Morgan fingerprint density at radius 2 is 1.79 bits per heavy atom. The van der Waals surface area contributed by atoms with Crippen LogP contribution in [-0.2, 0) is 6.54 Å².